The molecule has 0 radical (unpaired) electrons. The Morgan fingerprint density at radius 1 is 1.41 bits per heavy atom. The summed E-state index contributed by atoms with van der Waals surface area (Å²) in [6.07, 6.45) is 1.30. The maximum absolute atomic E-state index is 14.6. The predicted octanol–water partition coefficient (Wildman–Crippen LogP) is 2.61. The van der Waals surface area contributed by atoms with E-state index in [-0.39, 0.29) is 23.5 Å². The molecule has 1 aliphatic carbocycles. The van der Waals surface area contributed by atoms with Gasteiger partial charge < -0.3 is 20.3 Å². The Bertz CT molecular complexity index is 743. The van der Waals surface area contributed by atoms with E-state index in [1.807, 2.05) is 0 Å². The highest BCUT2D eigenvalue weighted by Gasteiger charge is 2.40. The number of halogens is 3. The molecule has 0 bridgehead atoms. The van der Waals surface area contributed by atoms with Crippen molar-refractivity contribution >= 4 is 23.5 Å². The molecule has 0 aromatic heterocycles. The van der Waals surface area contributed by atoms with Crippen molar-refractivity contribution in [1.29, 1.82) is 0 Å². The summed E-state index contributed by atoms with van der Waals surface area (Å²) in [6.45, 7) is 2.33. The maximum Gasteiger partial charge on any atom is 0.318 e. The van der Waals surface area contributed by atoms with Crippen molar-refractivity contribution in [3.8, 4) is 0 Å². The zero-order chi connectivity index (χ0) is 19.7. The van der Waals surface area contributed by atoms with Crippen LogP contribution < -0.4 is 10.6 Å². The van der Waals surface area contributed by atoms with E-state index in [1.165, 1.54) is 11.0 Å². The number of carbonyl (C=O) groups excluding carboxylic acids is 2. The molecule has 6 nitrogen and oxygen atoms in total. The van der Waals surface area contributed by atoms with Crippen LogP contribution in [0.15, 0.2) is 12.1 Å². The lowest BCUT2D eigenvalue weighted by molar-refractivity contribution is -0.127. The molecule has 2 aliphatic rings. The van der Waals surface area contributed by atoms with Crippen molar-refractivity contribution in [3.63, 3.8) is 0 Å². The summed E-state index contributed by atoms with van der Waals surface area (Å²) >= 11 is 5.73. The van der Waals surface area contributed by atoms with E-state index in [0.29, 0.717) is 25.9 Å². The molecule has 0 spiro atoms. The number of nitrogens with one attached hydrogen (secondary N) is 2. The van der Waals surface area contributed by atoms with Crippen molar-refractivity contribution in [1.82, 2.24) is 15.5 Å². The highest BCUT2D eigenvalue weighted by molar-refractivity contribution is 6.31. The Labute approximate surface area is 161 Å². The number of nitrogens with zero attached hydrogens (tertiary/aromatic N) is 1. The fourth-order valence-electron chi connectivity index (χ4n) is 3.58. The SMILES string of the molecule is CO[C@H]1C[C@@H](C(NC(=O)N2CCNC(=O)[C@H]2C)c2ccc(F)c(Cl)c2F)C1. The molecule has 1 heterocycles. The van der Waals surface area contributed by atoms with Crippen LogP contribution in [-0.4, -0.2) is 49.2 Å². The van der Waals surface area contributed by atoms with Gasteiger partial charge in [-0.1, -0.05) is 17.7 Å². The molecule has 3 amide bonds. The number of methoxy groups -OCH3 is 1. The minimum Gasteiger partial charge on any atom is -0.381 e. The first-order valence-electron chi connectivity index (χ1n) is 8.84. The smallest absolute Gasteiger partial charge is 0.318 e. The van der Waals surface area contributed by atoms with E-state index in [4.69, 9.17) is 16.3 Å². The molecule has 2 fully saturated rings. The second-order valence-corrected chi connectivity index (χ2v) is 7.32. The molecule has 148 valence electrons. The number of rotatable bonds is 4. The lowest BCUT2D eigenvalue weighted by Gasteiger charge is -2.41. The first kappa shape index (κ1) is 19.8. The number of amides is 3. The number of ether oxygens (including phenoxy) is 1. The van der Waals surface area contributed by atoms with Crippen LogP contribution in [0.3, 0.4) is 0 Å². The molecular weight excluding hydrogens is 380 g/mol. The third kappa shape index (κ3) is 3.87. The lowest BCUT2D eigenvalue weighted by atomic mass is 9.74. The molecule has 1 saturated heterocycles. The second kappa shape index (κ2) is 7.98. The van der Waals surface area contributed by atoms with Crippen LogP contribution in [0.25, 0.3) is 0 Å². The van der Waals surface area contributed by atoms with E-state index >= 15 is 0 Å². The Hall–Kier alpha value is -1.93. The molecule has 2 atom stereocenters. The van der Waals surface area contributed by atoms with Gasteiger partial charge in [0.05, 0.1) is 12.1 Å². The predicted molar refractivity (Wildman–Crippen MR) is 95.3 cm³/mol. The minimum atomic E-state index is -0.882. The van der Waals surface area contributed by atoms with Gasteiger partial charge in [-0.25, -0.2) is 13.6 Å². The first-order chi connectivity index (χ1) is 12.8. The lowest BCUT2D eigenvalue weighted by Crippen LogP contribution is -2.59. The van der Waals surface area contributed by atoms with Crippen LogP contribution in [0.1, 0.15) is 31.4 Å². The van der Waals surface area contributed by atoms with Crippen molar-refractivity contribution in [2.75, 3.05) is 20.2 Å². The quantitative estimate of drug-likeness (QED) is 0.762. The summed E-state index contributed by atoms with van der Waals surface area (Å²) in [5.41, 5.74) is 0.128. The van der Waals surface area contributed by atoms with Crippen LogP contribution in [0, 0.1) is 17.6 Å². The number of urea groups is 1. The standard InChI is InChI=1S/C18H22ClF2N3O3/c1-9-17(25)22-5-6-24(9)18(26)23-16(10-7-11(8-10)27-2)12-3-4-13(20)14(19)15(12)21/h3-4,9-11,16H,5-8H2,1-2H3,(H,22,25)(H,23,26)/t9-,10-,11+,16?/m1/s1. The molecule has 1 aromatic carbocycles. The van der Waals surface area contributed by atoms with E-state index in [9.17, 15) is 18.4 Å². The second-order valence-electron chi connectivity index (χ2n) is 6.94. The molecule has 1 aromatic rings. The third-order valence-corrected chi connectivity index (χ3v) is 5.72. The molecular formula is C18H22ClF2N3O3. The van der Waals surface area contributed by atoms with E-state index in [2.05, 4.69) is 10.6 Å². The minimum absolute atomic E-state index is 0.0353. The fourth-order valence-corrected chi connectivity index (χ4v) is 3.75. The third-order valence-electron chi connectivity index (χ3n) is 5.37. The number of hydrogen-bond donors (Lipinski definition) is 2. The Morgan fingerprint density at radius 3 is 2.78 bits per heavy atom. The monoisotopic (exact) mass is 401 g/mol. The van der Waals surface area contributed by atoms with Gasteiger partial charge in [-0.2, -0.15) is 0 Å². The molecule has 2 N–H and O–H groups in total. The number of hydrogen-bond acceptors (Lipinski definition) is 3. The highest BCUT2D eigenvalue weighted by atomic mass is 35.5. The molecule has 1 unspecified atom stereocenters. The summed E-state index contributed by atoms with van der Waals surface area (Å²) in [5, 5.41) is 4.91. The molecule has 27 heavy (non-hydrogen) atoms. The van der Waals surface area contributed by atoms with Gasteiger partial charge >= 0.3 is 6.03 Å². The van der Waals surface area contributed by atoms with Gasteiger partial charge in [0.25, 0.3) is 0 Å². The fraction of sp³-hybridized carbons (Fsp3) is 0.556. The topological polar surface area (TPSA) is 70.7 Å². The summed E-state index contributed by atoms with van der Waals surface area (Å²) in [6, 6.07) is 0.591. The van der Waals surface area contributed by atoms with Crippen LogP contribution in [0.4, 0.5) is 13.6 Å². The van der Waals surface area contributed by atoms with Crippen molar-refractivity contribution in [2.24, 2.45) is 5.92 Å². The van der Waals surface area contributed by atoms with Gasteiger partial charge in [0.1, 0.15) is 22.7 Å². The summed E-state index contributed by atoms with van der Waals surface area (Å²) in [4.78, 5) is 26.0. The molecule has 9 heteroatoms. The Balaban J connectivity index is 1.84. The van der Waals surface area contributed by atoms with Gasteiger partial charge in [-0.3, -0.25) is 4.79 Å². The normalized spacial score (nSPS) is 26.2. The van der Waals surface area contributed by atoms with Gasteiger partial charge in [0, 0.05) is 25.8 Å². The Morgan fingerprint density at radius 2 is 2.11 bits per heavy atom. The summed E-state index contributed by atoms with van der Waals surface area (Å²) in [7, 11) is 1.60. The van der Waals surface area contributed by atoms with Crippen molar-refractivity contribution in [3.05, 3.63) is 34.4 Å². The van der Waals surface area contributed by atoms with Gasteiger partial charge in [0.15, 0.2) is 0 Å². The summed E-state index contributed by atoms with van der Waals surface area (Å²) < 4.78 is 33.4. The average molecular weight is 402 g/mol. The van der Waals surface area contributed by atoms with E-state index < -0.39 is 34.8 Å². The number of benzene rings is 1. The van der Waals surface area contributed by atoms with Gasteiger partial charge in [-0.15, -0.1) is 0 Å². The van der Waals surface area contributed by atoms with Crippen molar-refractivity contribution < 1.29 is 23.1 Å². The largest absolute Gasteiger partial charge is 0.381 e. The zero-order valence-corrected chi connectivity index (χ0v) is 15.9. The van der Waals surface area contributed by atoms with Gasteiger partial charge in [0.2, 0.25) is 5.91 Å². The van der Waals surface area contributed by atoms with Gasteiger partial charge in [-0.05, 0) is 31.7 Å². The van der Waals surface area contributed by atoms with E-state index in [1.54, 1.807) is 14.0 Å². The molecule has 3 rings (SSSR count). The van der Waals surface area contributed by atoms with E-state index in [0.717, 1.165) is 6.07 Å². The van der Waals surface area contributed by atoms with Crippen LogP contribution >= 0.6 is 11.6 Å². The number of piperazine rings is 1. The molecule has 1 saturated carbocycles. The maximum atomic E-state index is 14.6. The van der Waals surface area contributed by atoms with Crippen LogP contribution in [0.2, 0.25) is 5.02 Å². The average Bonchev–Trinajstić information content (AvgIpc) is 2.60. The van der Waals surface area contributed by atoms with Crippen LogP contribution in [-0.2, 0) is 9.53 Å². The highest BCUT2D eigenvalue weighted by Crippen LogP contribution is 2.41. The van der Waals surface area contributed by atoms with Crippen molar-refractivity contribution in [2.45, 2.75) is 38.0 Å². The van der Waals surface area contributed by atoms with Crippen LogP contribution in [0.5, 0.6) is 0 Å². The number of carbonyl (C=O) groups is 2. The summed E-state index contributed by atoms with van der Waals surface area (Å²) in [5.74, 6) is -2.06. The first-order valence-corrected chi connectivity index (χ1v) is 9.22. The Kier molecular flexibility index (Phi) is 5.86. The molecule has 1 aliphatic heterocycles. The zero-order valence-electron chi connectivity index (χ0n) is 15.1.